The molecule has 0 aromatic carbocycles. The van der Waals surface area contributed by atoms with E-state index in [4.69, 9.17) is 4.42 Å². The zero-order valence-electron chi connectivity index (χ0n) is 11.8. The Labute approximate surface area is 118 Å². The van der Waals surface area contributed by atoms with E-state index in [9.17, 15) is 18.3 Å². The fourth-order valence-electron chi connectivity index (χ4n) is 2.77. The molecule has 0 aliphatic carbocycles. The van der Waals surface area contributed by atoms with Crippen LogP contribution in [0.15, 0.2) is 15.4 Å². The first kappa shape index (κ1) is 15.1. The monoisotopic (exact) mass is 301 g/mol. The number of aryl methyl sites for hydroxylation is 2. The number of rotatable bonds is 3. The summed E-state index contributed by atoms with van der Waals surface area (Å²) in [5.74, 6) is -0.739. The van der Waals surface area contributed by atoms with Crippen molar-refractivity contribution in [3.63, 3.8) is 0 Å². The lowest BCUT2D eigenvalue weighted by Gasteiger charge is -2.36. The molecule has 0 saturated carbocycles. The highest BCUT2D eigenvalue weighted by molar-refractivity contribution is 7.89. The first-order chi connectivity index (χ1) is 9.25. The first-order valence-electron chi connectivity index (χ1n) is 6.57. The van der Waals surface area contributed by atoms with Gasteiger partial charge in [-0.25, -0.2) is 8.42 Å². The van der Waals surface area contributed by atoms with Crippen LogP contribution in [-0.4, -0.2) is 36.4 Å². The summed E-state index contributed by atoms with van der Waals surface area (Å²) < 4.78 is 31.9. The van der Waals surface area contributed by atoms with E-state index >= 15 is 0 Å². The molecule has 6 nitrogen and oxygen atoms in total. The topological polar surface area (TPSA) is 87.8 Å². The minimum absolute atomic E-state index is 0.132. The molecule has 2 heterocycles. The number of nitrogens with zero attached hydrogens (tertiary/aromatic N) is 1. The Morgan fingerprint density at radius 1 is 1.45 bits per heavy atom. The van der Waals surface area contributed by atoms with Crippen LogP contribution in [0.1, 0.15) is 31.3 Å². The molecule has 20 heavy (non-hydrogen) atoms. The predicted molar refractivity (Wildman–Crippen MR) is 71.9 cm³/mol. The molecule has 7 heteroatoms. The van der Waals surface area contributed by atoms with Crippen LogP contribution in [0.2, 0.25) is 0 Å². The lowest BCUT2D eigenvalue weighted by atomic mass is 9.92. The summed E-state index contributed by atoms with van der Waals surface area (Å²) in [4.78, 5) is 11.3. The average molecular weight is 301 g/mol. The lowest BCUT2D eigenvalue weighted by Crippen LogP contribution is -2.49. The molecule has 0 radical (unpaired) electrons. The third kappa shape index (κ3) is 2.47. The fourth-order valence-corrected chi connectivity index (χ4v) is 4.70. The van der Waals surface area contributed by atoms with Gasteiger partial charge in [-0.15, -0.1) is 0 Å². The van der Waals surface area contributed by atoms with Gasteiger partial charge in [-0.1, -0.05) is 0 Å². The van der Waals surface area contributed by atoms with Crippen LogP contribution in [0, 0.1) is 19.8 Å². The summed E-state index contributed by atoms with van der Waals surface area (Å²) in [6.07, 6.45) is 1.06. The van der Waals surface area contributed by atoms with Crippen molar-refractivity contribution in [2.24, 2.45) is 5.92 Å². The highest BCUT2D eigenvalue weighted by atomic mass is 32.2. The molecule has 0 unspecified atom stereocenters. The number of furan rings is 1. The number of carbonyl (C=O) groups is 1. The Bertz CT molecular complexity index is 619. The van der Waals surface area contributed by atoms with E-state index in [1.165, 1.54) is 10.4 Å². The average Bonchev–Trinajstić information content (AvgIpc) is 2.68. The van der Waals surface area contributed by atoms with Gasteiger partial charge >= 0.3 is 5.97 Å². The molecular formula is C13H19NO5S. The Kier molecular flexibility index (Phi) is 3.93. The summed E-state index contributed by atoms with van der Waals surface area (Å²) >= 11 is 0. The van der Waals surface area contributed by atoms with Gasteiger partial charge in [-0.05, 0) is 39.7 Å². The molecule has 0 spiro atoms. The highest BCUT2D eigenvalue weighted by Gasteiger charge is 2.40. The number of sulfonamides is 1. The molecule has 1 fully saturated rings. The predicted octanol–water partition coefficient (Wildman–Crippen LogP) is 1.77. The van der Waals surface area contributed by atoms with E-state index in [2.05, 4.69) is 0 Å². The van der Waals surface area contributed by atoms with E-state index in [0.717, 1.165) is 0 Å². The number of hydrogen-bond acceptors (Lipinski definition) is 4. The molecule has 1 aliphatic rings. The van der Waals surface area contributed by atoms with Crippen molar-refractivity contribution in [2.45, 2.75) is 44.6 Å². The molecule has 1 aromatic heterocycles. The zero-order chi connectivity index (χ0) is 15.1. The van der Waals surface area contributed by atoms with Crippen molar-refractivity contribution in [3.8, 4) is 0 Å². The standard InChI is InChI=1S/C13H19NO5S/c1-8-7-12(10(3)19-8)20(17,18)14-6-4-5-11(9(14)2)13(15)16/h7,9,11H,4-6H2,1-3H3,(H,15,16)/t9-,11-/m1/s1. The van der Waals surface area contributed by atoms with E-state index in [1.807, 2.05) is 0 Å². The quantitative estimate of drug-likeness (QED) is 0.919. The number of aliphatic carboxylic acids is 1. The minimum atomic E-state index is -3.71. The highest BCUT2D eigenvalue weighted by Crippen LogP contribution is 2.31. The maximum Gasteiger partial charge on any atom is 0.308 e. The van der Waals surface area contributed by atoms with E-state index in [0.29, 0.717) is 30.9 Å². The molecule has 2 atom stereocenters. The normalized spacial score (nSPS) is 24.8. The SMILES string of the molecule is Cc1cc(S(=O)(=O)N2CCC[C@@H](C(=O)O)[C@H]2C)c(C)o1. The molecule has 0 bridgehead atoms. The second-order valence-electron chi connectivity index (χ2n) is 5.22. The van der Waals surface area contributed by atoms with Gasteiger partial charge in [0.05, 0.1) is 5.92 Å². The summed E-state index contributed by atoms with van der Waals surface area (Å²) in [5.41, 5.74) is 0. The molecule has 1 aliphatic heterocycles. The maximum atomic E-state index is 12.7. The Morgan fingerprint density at radius 2 is 2.10 bits per heavy atom. The molecular weight excluding hydrogens is 282 g/mol. The zero-order valence-corrected chi connectivity index (χ0v) is 12.6. The van der Waals surface area contributed by atoms with Crippen LogP contribution >= 0.6 is 0 Å². The smallest absolute Gasteiger partial charge is 0.308 e. The van der Waals surface area contributed by atoms with Crippen molar-refractivity contribution in [1.82, 2.24) is 4.31 Å². The first-order valence-corrected chi connectivity index (χ1v) is 8.01. The largest absolute Gasteiger partial charge is 0.481 e. The van der Waals surface area contributed by atoms with Gasteiger partial charge in [0.25, 0.3) is 0 Å². The van der Waals surface area contributed by atoms with Crippen LogP contribution < -0.4 is 0 Å². The number of piperidine rings is 1. The van der Waals surface area contributed by atoms with Crippen molar-refractivity contribution in [3.05, 3.63) is 17.6 Å². The van der Waals surface area contributed by atoms with Crippen LogP contribution in [0.25, 0.3) is 0 Å². The molecule has 0 amide bonds. The van der Waals surface area contributed by atoms with Gasteiger partial charge in [0, 0.05) is 12.6 Å². The van der Waals surface area contributed by atoms with Crippen LogP contribution in [0.5, 0.6) is 0 Å². The van der Waals surface area contributed by atoms with E-state index < -0.39 is 28.0 Å². The van der Waals surface area contributed by atoms with Crippen LogP contribution in [0.4, 0.5) is 0 Å². The van der Waals surface area contributed by atoms with Gasteiger partial charge in [-0.3, -0.25) is 4.79 Å². The van der Waals surface area contributed by atoms with Crippen molar-refractivity contribution in [2.75, 3.05) is 6.54 Å². The van der Waals surface area contributed by atoms with Gasteiger partial charge in [0.2, 0.25) is 10.0 Å². The molecule has 1 aromatic rings. The third-order valence-electron chi connectivity index (χ3n) is 3.83. The molecule has 1 N–H and O–H groups in total. The van der Waals surface area contributed by atoms with E-state index in [-0.39, 0.29) is 4.90 Å². The summed E-state index contributed by atoms with van der Waals surface area (Å²) in [6, 6.07) is 0.933. The second-order valence-corrected chi connectivity index (χ2v) is 7.08. The number of carboxylic acid groups (broad SMARTS) is 1. The van der Waals surface area contributed by atoms with Crippen LogP contribution in [-0.2, 0) is 14.8 Å². The van der Waals surface area contributed by atoms with E-state index in [1.54, 1.807) is 20.8 Å². The van der Waals surface area contributed by atoms with Gasteiger partial charge in [-0.2, -0.15) is 4.31 Å². The summed E-state index contributed by atoms with van der Waals surface area (Å²) in [7, 11) is -3.71. The Hall–Kier alpha value is -1.34. The maximum absolute atomic E-state index is 12.7. The number of hydrogen-bond donors (Lipinski definition) is 1. The summed E-state index contributed by atoms with van der Waals surface area (Å²) in [6.45, 7) is 5.28. The minimum Gasteiger partial charge on any atom is -0.481 e. The molecule has 1 saturated heterocycles. The van der Waals surface area contributed by atoms with Crippen molar-refractivity contribution >= 4 is 16.0 Å². The van der Waals surface area contributed by atoms with Crippen molar-refractivity contribution < 1.29 is 22.7 Å². The summed E-state index contributed by atoms with van der Waals surface area (Å²) in [5, 5.41) is 9.18. The second kappa shape index (κ2) is 5.21. The van der Waals surface area contributed by atoms with Gasteiger partial charge in [0.15, 0.2) is 0 Å². The lowest BCUT2D eigenvalue weighted by molar-refractivity contribution is -0.144. The third-order valence-corrected chi connectivity index (χ3v) is 5.92. The van der Waals surface area contributed by atoms with Gasteiger partial charge < -0.3 is 9.52 Å². The molecule has 112 valence electrons. The van der Waals surface area contributed by atoms with Crippen molar-refractivity contribution in [1.29, 1.82) is 0 Å². The van der Waals surface area contributed by atoms with Crippen LogP contribution in [0.3, 0.4) is 0 Å². The Morgan fingerprint density at radius 3 is 2.60 bits per heavy atom. The Balaban J connectivity index is 2.39. The van der Waals surface area contributed by atoms with Gasteiger partial charge in [0.1, 0.15) is 16.4 Å². The molecule has 2 rings (SSSR count). The fraction of sp³-hybridized carbons (Fsp3) is 0.615. The number of carboxylic acids is 1.